The molecule has 128 valence electrons. The van der Waals surface area contributed by atoms with Crippen LogP contribution in [0.25, 0.3) is 0 Å². The lowest BCUT2D eigenvalue weighted by atomic mass is 9.99. The van der Waals surface area contributed by atoms with Gasteiger partial charge in [-0.25, -0.2) is 0 Å². The maximum atomic E-state index is 12.3. The fourth-order valence-electron chi connectivity index (χ4n) is 3.61. The highest BCUT2D eigenvalue weighted by atomic mass is 16.3. The molecular formula is C17H33N3O2. The van der Waals surface area contributed by atoms with Crippen LogP contribution in [0.3, 0.4) is 0 Å². The zero-order chi connectivity index (χ0) is 15.9. The number of hydrogen-bond acceptors (Lipinski definition) is 4. The van der Waals surface area contributed by atoms with Crippen LogP contribution in [0.5, 0.6) is 0 Å². The van der Waals surface area contributed by atoms with Gasteiger partial charge in [-0.2, -0.15) is 0 Å². The van der Waals surface area contributed by atoms with Gasteiger partial charge in [0.1, 0.15) is 0 Å². The molecule has 1 amide bonds. The van der Waals surface area contributed by atoms with E-state index >= 15 is 0 Å². The predicted octanol–water partition coefficient (Wildman–Crippen LogP) is 1.07. The van der Waals surface area contributed by atoms with Gasteiger partial charge in [0.15, 0.2) is 0 Å². The maximum absolute atomic E-state index is 12.3. The fraction of sp³-hybridized carbons (Fsp3) is 0.941. The summed E-state index contributed by atoms with van der Waals surface area (Å²) in [5.74, 6) is 0.896. The zero-order valence-electron chi connectivity index (χ0n) is 14.3. The Morgan fingerprint density at radius 3 is 2.64 bits per heavy atom. The molecule has 0 radical (unpaired) electrons. The van der Waals surface area contributed by atoms with Gasteiger partial charge in [0.25, 0.3) is 0 Å². The van der Waals surface area contributed by atoms with Gasteiger partial charge in [-0.05, 0) is 57.8 Å². The van der Waals surface area contributed by atoms with Gasteiger partial charge in [-0.15, -0.1) is 0 Å². The van der Waals surface area contributed by atoms with Crippen LogP contribution >= 0.6 is 0 Å². The molecule has 2 heterocycles. The van der Waals surface area contributed by atoms with E-state index in [9.17, 15) is 9.90 Å². The third-order valence-electron chi connectivity index (χ3n) is 5.18. The molecule has 2 unspecified atom stereocenters. The van der Waals surface area contributed by atoms with E-state index in [4.69, 9.17) is 0 Å². The number of hydrogen-bond donors (Lipinski definition) is 2. The van der Waals surface area contributed by atoms with Crippen LogP contribution in [-0.2, 0) is 4.79 Å². The van der Waals surface area contributed by atoms with Crippen LogP contribution < -0.4 is 5.32 Å². The Morgan fingerprint density at radius 2 is 1.95 bits per heavy atom. The molecule has 2 saturated heterocycles. The number of likely N-dealkylation sites (N-methyl/N-ethyl adjacent to an activating group) is 1. The standard InChI is InChI=1S/C17H33N3O2/c1-3-20-9-5-4-6-16(20)17(22)18-12-15(21)13-19-10-7-14(2)8-11-19/h14-16,21H,3-13H2,1-2H3,(H,18,22). The number of carbonyl (C=O) groups is 1. The molecule has 0 aromatic heterocycles. The Bertz CT molecular complexity index is 343. The molecule has 0 saturated carbocycles. The number of nitrogens with one attached hydrogen (secondary N) is 1. The molecule has 2 aliphatic rings. The maximum Gasteiger partial charge on any atom is 0.237 e. The molecule has 0 aliphatic carbocycles. The first-order valence-corrected chi connectivity index (χ1v) is 9.02. The number of amides is 1. The van der Waals surface area contributed by atoms with Crippen molar-refractivity contribution in [3.8, 4) is 0 Å². The van der Waals surface area contributed by atoms with Gasteiger partial charge in [0.05, 0.1) is 12.1 Å². The lowest BCUT2D eigenvalue weighted by molar-refractivity contribution is -0.128. The van der Waals surface area contributed by atoms with Crippen molar-refractivity contribution in [2.45, 2.75) is 58.1 Å². The summed E-state index contributed by atoms with van der Waals surface area (Å²) in [4.78, 5) is 16.9. The Hall–Kier alpha value is -0.650. The van der Waals surface area contributed by atoms with Crippen molar-refractivity contribution in [3.63, 3.8) is 0 Å². The van der Waals surface area contributed by atoms with Crippen LogP contribution in [0, 0.1) is 5.92 Å². The Balaban J connectivity index is 1.68. The van der Waals surface area contributed by atoms with Crippen molar-refractivity contribution in [2.24, 2.45) is 5.92 Å². The first-order valence-electron chi connectivity index (χ1n) is 9.02. The van der Waals surface area contributed by atoms with E-state index in [0.29, 0.717) is 13.1 Å². The zero-order valence-corrected chi connectivity index (χ0v) is 14.3. The molecular weight excluding hydrogens is 278 g/mol. The monoisotopic (exact) mass is 311 g/mol. The topological polar surface area (TPSA) is 55.8 Å². The predicted molar refractivity (Wildman–Crippen MR) is 88.7 cm³/mol. The first kappa shape index (κ1) is 17.7. The summed E-state index contributed by atoms with van der Waals surface area (Å²) >= 11 is 0. The molecule has 0 bridgehead atoms. The normalized spacial score (nSPS) is 26.8. The van der Waals surface area contributed by atoms with E-state index in [1.807, 2.05) is 0 Å². The van der Waals surface area contributed by atoms with E-state index in [1.165, 1.54) is 19.3 Å². The lowest BCUT2D eigenvalue weighted by Gasteiger charge is -2.34. The number of aliphatic hydroxyl groups excluding tert-OH is 1. The fourth-order valence-corrected chi connectivity index (χ4v) is 3.61. The molecule has 5 nitrogen and oxygen atoms in total. The van der Waals surface area contributed by atoms with Gasteiger partial charge in [0.2, 0.25) is 5.91 Å². The van der Waals surface area contributed by atoms with E-state index in [-0.39, 0.29) is 11.9 Å². The van der Waals surface area contributed by atoms with E-state index in [0.717, 1.165) is 44.9 Å². The summed E-state index contributed by atoms with van der Waals surface area (Å²) in [7, 11) is 0. The SMILES string of the molecule is CCN1CCCCC1C(=O)NCC(O)CN1CCC(C)CC1. The number of β-amino-alcohol motifs (C(OH)–C–C–N with tert-alkyl or cyclic N) is 1. The minimum Gasteiger partial charge on any atom is -0.390 e. The molecule has 2 atom stereocenters. The molecule has 0 aromatic rings. The highest BCUT2D eigenvalue weighted by molar-refractivity contribution is 5.81. The van der Waals surface area contributed by atoms with Gasteiger partial charge < -0.3 is 15.3 Å². The molecule has 2 rings (SSSR count). The number of nitrogens with zero attached hydrogens (tertiary/aromatic N) is 2. The highest BCUT2D eigenvalue weighted by Crippen LogP contribution is 2.17. The van der Waals surface area contributed by atoms with E-state index < -0.39 is 6.10 Å². The van der Waals surface area contributed by atoms with Crippen molar-refractivity contribution in [2.75, 3.05) is 39.3 Å². The molecule has 0 aromatic carbocycles. The van der Waals surface area contributed by atoms with E-state index in [1.54, 1.807) is 0 Å². The molecule has 5 heteroatoms. The van der Waals surface area contributed by atoms with Crippen molar-refractivity contribution < 1.29 is 9.90 Å². The Kier molecular flexibility index (Phi) is 7.12. The van der Waals surface area contributed by atoms with Crippen LogP contribution in [0.4, 0.5) is 0 Å². The smallest absolute Gasteiger partial charge is 0.237 e. The number of rotatable bonds is 6. The van der Waals surface area contributed by atoms with Crippen LogP contribution in [0.15, 0.2) is 0 Å². The Labute approximate surface area is 135 Å². The van der Waals surface area contributed by atoms with Crippen molar-refractivity contribution >= 4 is 5.91 Å². The van der Waals surface area contributed by atoms with Gasteiger partial charge in [0, 0.05) is 13.1 Å². The summed E-state index contributed by atoms with van der Waals surface area (Å²) in [6, 6.07) is 0.00165. The molecule has 0 spiro atoms. The van der Waals surface area contributed by atoms with Crippen molar-refractivity contribution in [3.05, 3.63) is 0 Å². The van der Waals surface area contributed by atoms with Gasteiger partial charge in [-0.3, -0.25) is 9.69 Å². The van der Waals surface area contributed by atoms with Crippen LogP contribution in [-0.4, -0.2) is 72.2 Å². The van der Waals surface area contributed by atoms with Crippen molar-refractivity contribution in [1.82, 2.24) is 15.1 Å². The second-order valence-corrected chi connectivity index (χ2v) is 7.02. The summed E-state index contributed by atoms with van der Waals surface area (Å²) in [6.07, 6.45) is 5.23. The lowest BCUT2D eigenvalue weighted by Crippen LogP contribution is -2.51. The number of likely N-dealkylation sites (tertiary alicyclic amines) is 2. The molecule has 22 heavy (non-hydrogen) atoms. The molecule has 2 aliphatic heterocycles. The minimum atomic E-state index is -0.462. The number of piperidine rings is 2. The highest BCUT2D eigenvalue weighted by Gasteiger charge is 2.27. The average Bonchev–Trinajstić information content (AvgIpc) is 2.54. The quantitative estimate of drug-likeness (QED) is 0.770. The average molecular weight is 311 g/mol. The molecule has 2 fully saturated rings. The Morgan fingerprint density at radius 1 is 1.23 bits per heavy atom. The first-order chi connectivity index (χ1) is 10.6. The second kappa shape index (κ2) is 8.85. The van der Waals surface area contributed by atoms with Gasteiger partial charge in [-0.1, -0.05) is 20.3 Å². The number of aliphatic hydroxyl groups is 1. The van der Waals surface area contributed by atoms with Crippen molar-refractivity contribution in [1.29, 1.82) is 0 Å². The van der Waals surface area contributed by atoms with Crippen LogP contribution in [0.1, 0.15) is 46.0 Å². The molecule has 2 N–H and O–H groups in total. The summed E-state index contributed by atoms with van der Waals surface area (Å²) in [5.41, 5.74) is 0. The summed E-state index contributed by atoms with van der Waals surface area (Å²) in [6.45, 7) is 9.52. The summed E-state index contributed by atoms with van der Waals surface area (Å²) in [5, 5.41) is 13.1. The second-order valence-electron chi connectivity index (χ2n) is 7.02. The van der Waals surface area contributed by atoms with Crippen LogP contribution in [0.2, 0.25) is 0 Å². The third-order valence-corrected chi connectivity index (χ3v) is 5.18. The summed E-state index contributed by atoms with van der Waals surface area (Å²) < 4.78 is 0. The van der Waals surface area contributed by atoms with Gasteiger partial charge >= 0.3 is 0 Å². The minimum absolute atomic E-state index is 0.00165. The third kappa shape index (κ3) is 5.21. The number of carbonyl (C=O) groups excluding carboxylic acids is 1. The van der Waals surface area contributed by atoms with E-state index in [2.05, 4.69) is 29.0 Å². The largest absolute Gasteiger partial charge is 0.390 e.